The van der Waals surface area contributed by atoms with Crippen LogP contribution in [-0.4, -0.2) is 17.5 Å². The van der Waals surface area contributed by atoms with Gasteiger partial charge in [0, 0.05) is 11.9 Å². The molecule has 2 rings (SSSR count). The monoisotopic (exact) mass is 287 g/mol. The molecule has 0 fully saturated rings. The van der Waals surface area contributed by atoms with Gasteiger partial charge in [0.05, 0.1) is 5.02 Å². The van der Waals surface area contributed by atoms with E-state index in [4.69, 9.17) is 21.6 Å². The summed E-state index contributed by atoms with van der Waals surface area (Å²) in [6, 6.07) is 11.7. The van der Waals surface area contributed by atoms with E-state index in [0.717, 1.165) is 0 Å². The smallest absolute Gasteiger partial charge is 0.274 e. The molecule has 1 amide bonds. The summed E-state index contributed by atoms with van der Waals surface area (Å²) in [5.41, 5.74) is 0.885. The Balaban J connectivity index is 2.01. The lowest BCUT2D eigenvalue weighted by Crippen LogP contribution is -2.13. The molecule has 0 aliphatic heterocycles. The number of benzene rings is 1. The minimum atomic E-state index is -0.327. The van der Waals surface area contributed by atoms with Gasteiger partial charge in [-0.3, -0.25) is 4.79 Å². The molecule has 1 N–H and O–H groups in total. The van der Waals surface area contributed by atoms with Crippen molar-refractivity contribution >= 4 is 23.2 Å². The van der Waals surface area contributed by atoms with Crippen molar-refractivity contribution in [3.63, 3.8) is 0 Å². The number of carbonyl (C=O) groups excluding carboxylic acids is 1. The van der Waals surface area contributed by atoms with E-state index < -0.39 is 0 Å². The zero-order chi connectivity index (χ0) is 14.4. The van der Waals surface area contributed by atoms with E-state index in [2.05, 4.69) is 10.3 Å². The van der Waals surface area contributed by atoms with Gasteiger partial charge in [0.2, 0.25) is 0 Å². The number of pyridine rings is 1. The maximum atomic E-state index is 11.9. The van der Waals surface area contributed by atoms with Crippen molar-refractivity contribution in [3.8, 4) is 11.8 Å². The van der Waals surface area contributed by atoms with Gasteiger partial charge in [-0.15, -0.1) is 0 Å². The maximum absolute atomic E-state index is 11.9. The van der Waals surface area contributed by atoms with Crippen molar-refractivity contribution < 1.29 is 9.53 Å². The maximum Gasteiger partial charge on any atom is 0.274 e. The van der Waals surface area contributed by atoms with E-state index in [-0.39, 0.29) is 18.2 Å². The second-order valence-corrected chi connectivity index (χ2v) is 4.22. The van der Waals surface area contributed by atoms with Gasteiger partial charge in [-0.1, -0.05) is 11.6 Å². The van der Waals surface area contributed by atoms with Crippen LogP contribution >= 0.6 is 11.6 Å². The van der Waals surface area contributed by atoms with E-state index in [1.54, 1.807) is 36.4 Å². The summed E-state index contributed by atoms with van der Waals surface area (Å²) >= 11 is 5.70. The summed E-state index contributed by atoms with van der Waals surface area (Å²) in [4.78, 5) is 15.8. The highest BCUT2D eigenvalue weighted by molar-refractivity contribution is 6.30. The van der Waals surface area contributed by atoms with Gasteiger partial charge in [-0.05, 0) is 36.4 Å². The van der Waals surface area contributed by atoms with Crippen molar-refractivity contribution in [1.82, 2.24) is 4.98 Å². The van der Waals surface area contributed by atoms with Gasteiger partial charge >= 0.3 is 0 Å². The van der Waals surface area contributed by atoms with Crippen molar-refractivity contribution in [3.05, 3.63) is 53.3 Å². The predicted octanol–water partition coefficient (Wildman–Crippen LogP) is 2.89. The molecule has 0 unspecified atom stereocenters. The predicted molar refractivity (Wildman–Crippen MR) is 74.8 cm³/mol. The standard InChI is InChI=1S/C14H10ClN3O2/c15-10-1-6-13(17-9-10)14(19)18-11-2-4-12(5-3-11)20-8-7-16/h1-6,9H,8H2,(H,18,19). The highest BCUT2D eigenvalue weighted by atomic mass is 35.5. The van der Waals surface area contributed by atoms with Crippen LogP contribution in [0.3, 0.4) is 0 Å². The molecule has 1 aromatic heterocycles. The number of nitriles is 1. The van der Waals surface area contributed by atoms with Gasteiger partial charge in [0.1, 0.15) is 17.5 Å². The molecule has 0 aliphatic carbocycles. The first-order chi connectivity index (χ1) is 9.69. The summed E-state index contributed by atoms with van der Waals surface area (Å²) in [6.45, 7) is -0.0135. The van der Waals surface area contributed by atoms with Crippen LogP contribution in [0.4, 0.5) is 5.69 Å². The van der Waals surface area contributed by atoms with Crippen LogP contribution in [0.25, 0.3) is 0 Å². The Hall–Kier alpha value is -2.58. The third-order valence-corrected chi connectivity index (χ3v) is 2.60. The molecule has 1 aromatic carbocycles. The fourth-order valence-corrected chi connectivity index (χ4v) is 1.57. The Morgan fingerprint density at radius 3 is 2.65 bits per heavy atom. The molecule has 0 atom stereocenters. The van der Waals surface area contributed by atoms with Crippen LogP contribution < -0.4 is 10.1 Å². The van der Waals surface area contributed by atoms with Crippen molar-refractivity contribution in [2.45, 2.75) is 0 Å². The average molecular weight is 288 g/mol. The third-order valence-electron chi connectivity index (χ3n) is 2.38. The first-order valence-corrected chi connectivity index (χ1v) is 6.09. The quantitative estimate of drug-likeness (QED) is 0.938. The second-order valence-electron chi connectivity index (χ2n) is 3.79. The largest absolute Gasteiger partial charge is 0.479 e. The Morgan fingerprint density at radius 1 is 1.30 bits per heavy atom. The number of nitrogens with zero attached hydrogens (tertiary/aromatic N) is 2. The van der Waals surface area contributed by atoms with Crippen LogP contribution in [0.15, 0.2) is 42.6 Å². The molecule has 0 spiro atoms. The van der Waals surface area contributed by atoms with Crippen molar-refractivity contribution in [2.75, 3.05) is 11.9 Å². The van der Waals surface area contributed by atoms with Crippen LogP contribution in [0.1, 0.15) is 10.5 Å². The van der Waals surface area contributed by atoms with Gasteiger partial charge < -0.3 is 10.1 Å². The summed E-state index contributed by atoms with van der Waals surface area (Å²) in [5, 5.41) is 11.6. The molecule has 1 heterocycles. The average Bonchev–Trinajstić information content (AvgIpc) is 2.47. The topological polar surface area (TPSA) is 75.0 Å². The summed E-state index contributed by atoms with van der Waals surface area (Å²) < 4.78 is 5.11. The minimum absolute atomic E-state index is 0.0135. The summed E-state index contributed by atoms with van der Waals surface area (Å²) in [7, 11) is 0. The molecule has 20 heavy (non-hydrogen) atoms. The molecular weight excluding hydrogens is 278 g/mol. The molecule has 100 valence electrons. The molecule has 6 heteroatoms. The number of anilines is 1. The third kappa shape index (κ3) is 3.70. The zero-order valence-electron chi connectivity index (χ0n) is 10.3. The highest BCUT2D eigenvalue weighted by Crippen LogP contribution is 2.16. The number of hydrogen-bond acceptors (Lipinski definition) is 4. The van der Waals surface area contributed by atoms with Gasteiger partial charge in [-0.2, -0.15) is 5.26 Å². The summed E-state index contributed by atoms with van der Waals surface area (Å²) in [6.07, 6.45) is 1.41. The fraction of sp³-hybridized carbons (Fsp3) is 0.0714. The van der Waals surface area contributed by atoms with Crippen LogP contribution in [0.5, 0.6) is 5.75 Å². The fourth-order valence-electron chi connectivity index (χ4n) is 1.46. The Kier molecular flexibility index (Phi) is 4.53. The molecular formula is C14H10ClN3O2. The SMILES string of the molecule is N#CCOc1ccc(NC(=O)c2ccc(Cl)cn2)cc1. The Morgan fingerprint density at radius 2 is 2.05 bits per heavy atom. The second kappa shape index (κ2) is 6.55. The van der Waals surface area contributed by atoms with E-state index >= 15 is 0 Å². The van der Waals surface area contributed by atoms with Crippen LogP contribution in [0.2, 0.25) is 5.02 Å². The minimum Gasteiger partial charge on any atom is -0.479 e. The molecule has 0 aliphatic rings. The number of carbonyl (C=O) groups is 1. The van der Waals surface area contributed by atoms with E-state index in [0.29, 0.717) is 16.5 Å². The van der Waals surface area contributed by atoms with E-state index in [9.17, 15) is 4.79 Å². The molecule has 0 saturated heterocycles. The van der Waals surface area contributed by atoms with Gasteiger partial charge in [0.15, 0.2) is 6.61 Å². The summed E-state index contributed by atoms with van der Waals surface area (Å²) in [5.74, 6) is 0.238. The van der Waals surface area contributed by atoms with E-state index in [1.807, 2.05) is 6.07 Å². The highest BCUT2D eigenvalue weighted by Gasteiger charge is 2.07. The number of amides is 1. The van der Waals surface area contributed by atoms with Crippen molar-refractivity contribution in [2.24, 2.45) is 0 Å². The Labute approximate surface area is 120 Å². The lowest BCUT2D eigenvalue weighted by molar-refractivity contribution is 0.102. The number of aromatic nitrogens is 1. The molecule has 0 saturated carbocycles. The van der Waals surface area contributed by atoms with Gasteiger partial charge in [-0.25, -0.2) is 4.98 Å². The molecule has 2 aromatic rings. The zero-order valence-corrected chi connectivity index (χ0v) is 11.1. The first kappa shape index (κ1) is 13.8. The van der Waals surface area contributed by atoms with Crippen molar-refractivity contribution in [1.29, 1.82) is 5.26 Å². The Bertz CT molecular complexity index is 633. The normalized spacial score (nSPS) is 9.60. The van der Waals surface area contributed by atoms with Gasteiger partial charge in [0.25, 0.3) is 5.91 Å². The number of rotatable bonds is 4. The number of halogens is 1. The number of hydrogen-bond donors (Lipinski definition) is 1. The first-order valence-electron chi connectivity index (χ1n) is 5.72. The van der Waals surface area contributed by atoms with Crippen LogP contribution in [0, 0.1) is 11.3 Å². The number of nitrogens with one attached hydrogen (secondary N) is 1. The molecule has 0 bridgehead atoms. The molecule has 5 nitrogen and oxygen atoms in total. The van der Waals surface area contributed by atoms with E-state index in [1.165, 1.54) is 6.20 Å². The molecule has 0 radical (unpaired) electrons. The lowest BCUT2D eigenvalue weighted by Gasteiger charge is -2.06. The lowest BCUT2D eigenvalue weighted by atomic mass is 10.3. The van der Waals surface area contributed by atoms with Crippen LogP contribution in [-0.2, 0) is 0 Å². The number of ether oxygens (including phenoxy) is 1.